The van der Waals surface area contributed by atoms with Gasteiger partial charge < -0.3 is 4.74 Å². The number of ether oxygens (including phenoxy) is 1. The highest BCUT2D eigenvalue weighted by molar-refractivity contribution is 5.00. The molecule has 0 saturated heterocycles. The SMILES string of the molecule is COC(C#N)C1CC2CCC1C2. The molecule has 2 heteroatoms. The van der Waals surface area contributed by atoms with Crippen molar-refractivity contribution in [3.8, 4) is 6.07 Å². The zero-order valence-electron chi connectivity index (χ0n) is 7.49. The van der Waals surface area contributed by atoms with Crippen LogP contribution in [0.3, 0.4) is 0 Å². The molecule has 0 radical (unpaired) electrons. The molecule has 0 aromatic heterocycles. The highest BCUT2D eigenvalue weighted by Gasteiger charge is 2.43. The van der Waals surface area contributed by atoms with Gasteiger partial charge in [0.05, 0.1) is 6.07 Å². The number of hydrogen-bond acceptors (Lipinski definition) is 2. The molecule has 0 amide bonds. The van der Waals surface area contributed by atoms with Crippen molar-refractivity contribution in [3.63, 3.8) is 0 Å². The van der Waals surface area contributed by atoms with Gasteiger partial charge in [-0.05, 0) is 31.1 Å². The van der Waals surface area contributed by atoms with Gasteiger partial charge in [-0.2, -0.15) is 5.26 Å². The van der Waals surface area contributed by atoms with Gasteiger partial charge in [0.15, 0.2) is 0 Å². The molecule has 0 aliphatic heterocycles. The lowest BCUT2D eigenvalue weighted by Crippen LogP contribution is -2.25. The minimum atomic E-state index is -0.139. The molecule has 2 bridgehead atoms. The molecule has 0 heterocycles. The van der Waals surface area contributed by atoms with Crippen LogP contribution < -0.4 is 0 Å². The molecule has 0 aromatic carbocycles. The highest BCUT2D eigenvalue weighted by Crippen LogP contribution is 2.49. The van der Waals surface area contributed by atoms with E-state index < -0.39 is 0 Å². The first-order chi connectivity index (χ1) is 5.85. The Labute approximate surface area is 73.5 Å². The van der Waals surface area contributed by atoms with Crippen molar-refractivity contribution in [2.24, 2.45) is 17.8 Å². The van der Waals surface area contributed by atoms with Crippen LogP contribution in [0.1, 0.15) is 25.7 Å². The number of hydrogen-bond donors (Lipinski definition) is 0. The molecule has 2 aliphatic carbocycles. The van der Waals surface area contributed by atoms with Gasteiger partial charge in [-0.3, -0.25) is 0 Å². The molecule has 2 fully saturated rings. The molecular weight excluding hydrogens is 150 g/mol. The molecule has 0 spiro atoms. The number of methoxy groups -OCH3 is 1. The first kappa shape index (κ1) is 8.07. The van der Waals surface area contributed by atoms with Crippen molar-refractivity contribution >= 4 is 0 Å². The van der Waals surface area contributed by atoms with Crippen LogP contribution >= 0.6 is 0 Å². The Morgan fingerprint density at radius 3 is 2.67 bits per heavy atom. The van der Waals surface area contributed by atoms with Gasteiger partial charge in [-0.25, -0.2) is 0 Å². The van der Waals surface area contributed by atoms with Crippen molar-refractivity contribution in [1.82, 2.24) is 0 Å². The number of nitrogens with zero attached hydrogens (tertiary/aromatic N) is 1. The Morgan fingerprint density at radius 1 is 1.42 bits per heavy atom. The quantitative estimate of drug-likeness (QED) is 0.626. The van der Waals surface area contributed by atoms with E-state index in [4.69, 9.17) is 10.00 Å². The molecule has 2 aliphatic rings. The summed E-state index contributed by atoms with van der Waals surface area (Å²) < 4.78 is 5.17. The van der Waals surface area contributed by atoms with Gasteiger partial charge in [0, 0.05) is 13.0 Å². The van der Waals surface area contributed by atoms with Gasteiger partial charge in [-0.1, -0.05) is 6.42 Å². The van der Waals surface area contributed by atoms with Crippen LogP contribution in [0.4, 0.5) is 0 Å². The molecule has 4 atom stereocenters. The summed E-state index contributed by atoms with van der Waals surface area (Å²) in [6, 6.07) is 2.26. The van der Waals surface area contributed by atoms with Crippen molar-refractivity contribution in [3.05, 3.63) is 0 Å². The fourth-order valence-electron chi connectivity index (χ4n) is 2.99. The third-order valence-corrected chi connectivity index (χ3v) is 3.56. The maximum absolute atomic E-state index is 8.84. The van der Waals surface area contributed by atoms with E-state index in [0.29, 0.717) is 5.92 Å². The molecule has 4 unspecified atom stereocenters. The van der Waals surface area contributed by atoms with E-state index in [0.717, 1.165) is 11.8 Å². The second-order valence-corrected chi connectivity index (χ2v) is 4.12. The molecular formula is C10H15NO. The molecule has 2 nitrogen and oxygen atoms in total. The molecule has 0 aromatic rings. The van der Waals surface area contributed by atoms with Crippen LogP contribution in [-0.2, 0) is 4.74 Å². The Bertz CT molecular complexity index is 208. The lowest BCUT2D eigenvalue weighted by molar-refractivity contribution is 0.0691. The second kappa shape index (κ2) is 3.06. The Morgan fingerprint density at radius 2 is 2.25 bits per heavy atom. The van der Waals surface area contributed by atoms with Crippen molar-refractivity contribution < 1.29 is 4.74 Å². The van der Waals surface area contributed by atoms with E-state index in [9.17, 15) is 0 Å². The Balaban J connectivity index is 2.02. The smallest absolute Gasteiger partial charge is 0.146 e. The third kappa shape index (κ3) is 1.13. The maximum Gasteiger partial charge on any atom is 0.146 e. The predicted octanol–water partition coefficient (Wildman–Crippen LogP) is 1.96. The van der Waals surface area contributed by atoms with Crippen molar-refractivity contribution in [2.75, 3.05) is 7.11 Å². The highest BCUT2D eigenvalue weighted by atomic mass is 16.5. The lowest BCUT2D eigenvalue weighted by atomic mass is 9.85. The van der Waals surface area contributed by atoms with Gasteiger partial charge >= 0.3 is 0 Å². The maximum atomic E-state index is 8.84. The van der Waals surface area contributed by atoms with Gasteiger partial charge in [0.25, 0.3) is 0 Å². The van der Waals surface area contributed by atoms with Gasteiger partial charge in [-0.15, -0.1) is 0 Å². The van der Waals surface area contributed by atoms with E-state index in [1.165, 1.54) is 25.7 Å². The van der Waals surface area contributed by atoms with Crippen LogP contribution in [0.2, 0.25) is 0 Å². The van der Waals surface area contributed by atoms with Crippen LogP contribution in [0.5, 0.6) is 0 Å². The topological polar surface area (TPSA) is 33.0 Å². The van der Waals surface area contributed by atoms with Crippen molar-refractivity contribution in [2.45, 2.75) is 31.8 Å². The first-order valence-corrected chi connectivity index (χ1v) is 4.77. The standard InChI is InChI=1S/C10H15NO/c1-12-10(6-11)9-5-7-2-3-8(9)4-7/h7-10H,2-5H2,1H3. The normalized spacial score (nSPS) is 41.2. The van der Waals surface area contributed by atoms with Crippen LogP contribution in [-0.4, -0.2) is 13.2 Å². The van der Waals surface area contributed by atoms with E-state index in [2.05, 4.69) is 6.07 Å². The molecule has 12 heavy (non-hydrogen) atoms. The molecule has 2 rings (SSSR count). The van der Waals surface area contributed by atoms with Crippen LogP contribution in [0, 0.1) is 29.1 Å². The van der Waals surface area contributed by atoms with Crippen LogP contribution in [0.15, 0.2) is 0 Å². The molecule has 66 valence electrons. The lowest BCUT2D eigenvalue weighted by Gasteiger charge is -2.24. The Kier molecular flexibility index (Phi) is 2.06. The summed E-state index contributed by atoms with van der Waals surface area (Å²) in [5.74, 6) is 2.24. The van der Waals surface area contributed by atoms with Gasteiger partial charge in [0.2, 0.25) is 0 Å². The largest absolute Gasteiger partial charge is 0.366 e. The van der Waals surface area contributed by atoms with Crippen molar-refractivity contribution in [1.29, 1.82) is 5.26 Å². The number of rotatable bonds is 2. The average molecular weight is 165 g/mol. The average Bonchev–Trinajstić information content (AvgIpc) is 2.67. The second-order valence-electron chi connectivity index (χ2n) is 4.12. The van der Waals surface area contributed by atoms with Crippen LogP contribution in [0.25, 0.3) is 0 Å². The zero-order valence-corrected chi connectivity index (χ0v) is 7.49. The summed E-state index contributed by atoms with van der Waals surface area (Å²) >= 11 is 0. The summed E-state index contributed by atoms with van der Waals surface area (Å²) in [6.07, 6.45) is 5.17. The van der Waals surface area contributed by atoms with E-state index in [1.54, 1.807) is 7.11 Å². The van der Waals surface area contributed by atoms with E-state index >= 15 is 0 Å². The Hall–Kier alpha value is -0.550. The summed E-state index contributed by atoms with van der Waals surface area (Å²) in [5.41, 5.74) is 0. The minimum absolute atomic E-state index is 0.139. The summed E-state index contributed by atoms with van der Waals surface area (Å²) in [5, 5.41) is 8.84. The molecule has 2 saturated carbocycles. The monoisotopic (exact) mass is 165 g/mol. The first-order valence-electron chi connectivity index (χ1n) is 4.77. The fourth-order valence-corrected chi connectivity index (χ4v) is 2.99. The van der Waals surface area contributed by atoms with E-state index in [1.807, 2.05) is 0 Å². The van der Waals surface area contributed by atoms with Gasteiger partial charge in [0.1, 0.15) is 6.10 Å². The summed E-state index contributed by atoms with van der Waals surface area (Å²) in [7, 11) is 1.65. The molecule has 0 N–H and O–H groups in total. The summed E-state index contributed by atoms with van der Waals surface area (Å²) in [6.45, 7) is 0. The fraction of sp³-hybridized carbons (Fsp3) is 0.900. The zero-order chi connectivity index (χ0) is 8.55. The number of nitriles is 1. The van der Waals surface area contributed by atoms with E-state index in [-0.39, 0.29) is 6.10 Å². The summed E-state index contributed by atoms with van der Waals surface area (Å²) in [4.78, 5) is 0. The third-order valence-electron chi connectivity index (χ3n) is 3.56. The predicted molar refractivity (Wildman–Crippen MR) is 45.3 cm³/mol. The number of fused-ring (bicyclic) bond motifs is 2. The minimum Gasteiger partial charge on any atom is -0.366 e.